The minimum Gasteiger partial charge on any atom is -0.493 e. The molecule has 0 saturated carbocycles. The summed E-state index contributed by atoms with van der Waals surface area (Å²) in [6.45, 7) is 3.00. The van der Waals surface area contributed by atoms with Crippen molar-refractivity contribution < 1.29 is 14.2 Å². The number of nitrogens with one attached hydrogen (secondary N) is 1. The molecule has 1 N–H and O–H groups in total. The second-order valence-electron chi connectivity index (χ2n) is 4.41. The van der Waals surface area contributed by atoms with Crippen molar-refractivity contribution in [2.24, 2.45) is 0 Å². The van der Waals surface area contributed by atoms with E-state index in [-0.39, 0.29) is 0 Å². The smallest absolute Gasteiger partial charge is 0.161 e. The SMILES string of the molecule is COc1ccc(CC(=N)N2CCOCC2)cc1OC. The molecule has 0 atom stereocenters. The molecule has 1 aromatic rings. The number of amidine groups is 1. The van der Waals surface area contributed by atoms with Gasteiger partial charge in [0, 0.05) is 19.5 Å². The molecule has 104 valence electrons. The maximum absolute atomic E-state index is 8.14. The number of hydrogen-bond acceptors (Lipinski definition) is 4. The quantitative estimate of drug-likeness (QED) is 0.662. The van der Waals surface area contributed by atoms with Gasteiger partial charge in [-0.05, 0) is 17.7 Å². The molecule has 0 aromatic heterocycles. The summed E-state index contributed by atoms with van der Waals surface area (Å²) in [5, 5.41) is 8.14. The zero-order chi connectivity index (χ0) is 13.7. The van der Waals surface area contributed by atoms with Gasteiger partial charge in [-0.25, -0.2) is 0 Å². The lowest BCUT2D eigenvalue weighted by atomic mass is 10.1. The Morgan fingerprint density at radius 3 is 2.53 bits per heavy atom. The van der Waals surface area contributed by atoms with Gasteiger partial charge in [0.15, 0.2) is 11.5 Å². The Kier molecular flexibility index (Phi) is 4.63. The number of ether oxygens (including phenoxy) is 3. The fourth-order valence-electron chi connectivity index (χ4n) is 2.13. The summed E-state index contributed by atoms with van der Waals surface area (Å²) in [6, 6.07) is 5.77. The van der Waals surface area contributed by atoms with Gasteiger partial charge in [-0.1, -0.05) is 6.07 Å². The highest BCUT2D eigenvalue weighted by Gasteiger charge is 2.14. The Labute approximate surface area is 113 Å². The van der Waals surface area contributed by atoms with Gasteiger partial charge in [-0.3, -0.25) is 5.41 Å². The second kappa shape index (κ2) is 6.43. The van der Waals surface area contributed by atoms with Crippen LogP contribution < -0.4 is 9.47 Å². The molecule has 5 heteroatoms. The maximum atomic E-state index is 8.14. The third-order valence-corrected chi connectivity index (χ3v) is 3.21. The van der Waals surface area contributed by atoms with Crippen molar-refractivity contribution in [1.29, 1.82) is 5.41 Å². The molecule has 1 aliphatic heterocycles. The number of benzene rings is 1. The Morgan fingerprint density at radius 1 is 1.21 bits per heavy atom. The molecule has 0 spiro atoms. The van der Waals surface area contributed by atoms with E-state index in [1.54, 1.807) is 14.2 Å². The predicted octanol–water partition coefficient (Wildman–Crippen LogP) is 1.56. The number of hydrogen-bond donors (Lipinski definition) is 1. The van der Waals surface area contributed by atoms with Gasteiger partial charge in [0.05, 0.1) is 27.4 Å². The summed E-state index contributed by atoms with van der Waals surface area (Å²) in [5.74, 6) is 2.04. The van der Waals surface area contributed by atoms with Crippen molar-refractivity contribution in [1.82, 2.24) is 4.90 Å². The van der Waals surface area contributed by atoms with Crippen LogP contribution in [0, 0.1) is 5.41 Å². The molecule has 1 fully saturated rings. The second-order valence-corrected chi connectivity index (χ2v) is 4.41. The fraction of sp³-hybridized carbons (Fsp3) is 0.500. The van der Waals surface area contributed by atoms with E-state index in [2.05, 4.69) is 4.90 Å². The number of methoxy groups -OCH3 is 2. The molecule has 1 saturated heterocycles. The topological polar surface area (TPSA) is 54.8 Å². The fourth-order valence-corrected chi connectivity index (χ4v) is 2.13. The normalized spacial score (nSPS) is 15.2. The molecule has 0 amide bonds. The lowest BCUT2D eigenvalue weighted by Crippen LogP contribution is -2.41. The monoisotopic (exact) mass is 264 g/mol. The lowest BCUT2D eigenvalue weighted by Gasteiger charge is -2.29. The summed E-state index contributed by atoms with van der Waals surface area (Å²) in [4.78, 5) is 2.06. The van der Waals surface area contributed by atoms with Crippen LogP contribution >= 0.6 is 0 Å². The summed E-state index contributed by atoms with van der Waals surface area (Å²) >= 11 is 0. The molecule has 1 aliphatic rings. The van der Waals surface area contributed by atoms with Gasteiger partial charge in [-0.2, -0.15) is 0 Å². The molecule has 1 heterocycles. The van der Waals surface area contributed by atoms with Crippen LogP contribution in [-0.4, -0.2) is 51.3 Å². The van der Waals surface area contributed by atoms with Crippen LogP contribution in [0.2, 0.25) is 0 Å². The average molecular weight is 264 g/mol. The minimum absolute atomic E-state index is 0.598. The first kappa shape index (κ1) is 13.7. The largest absolute Gasteiger partial charge is 0.493 e. The molecule has 2 rings (SSSR count). The van der Waals surface area contributed by atoms with Crippen molar-refractivity contribution in [3.63, 3.8) is 0 Å². The van der Waals surface area contributed by atoms with E-state index in [4.69, 9.17) is 19.6 Å². The Bertz CT molecular complexity index is 442. The van der Waals surface area contributed by atoms with Crippen molar-refractivity contribution in [3.05, 3.63) is 23.8 Å². The molecule has 1 aromatic carbocycles. The lowest BCUT2D eigenvalue weighted by molar-refractivity contribution is 0.0670. The summed E-state index contributed by atoms with van der Waals surface area (Å²) in [6.07, 6.45) is 0.598. The first-order valence-corrected chi connectivity index (χ1v) is 6.35. The number of rotatable bonds is 4. The molecule has 0 aliphatic carbocycles. The number of nitrogens with zero attached hydrogens (tertiary/aromatic N) is 1. The molecular formula is C14H20N2O3. The van der Waals surface area contributed by atoms with Crippen LogP contribution in [0.3, 0.4) is 0 Å². The molecule has 0 unspecified atom stereocenters. The van der Waals surface area contributed by atoms with E-state index in [0.29, 0.717) is 37.0 Å². The van der Waals surface area contributed by atoms with Crippen LogP contribution in [0.25, 0.3) is 0 Å². The van der Waals surface area contributed by atoms with Crippen LogP contribution in [0.5, 0.6) is 11.5 Å². The summed E-state index contributed by atoms with van der Waals surface area (Å²) in [7, 11) is 3.24. The highest BCUT2D eigenvalue weighted by atomic mass is 16.5. The first-order chi connectivity index (χ1) is 9.24. The maximum Gasteiger partial charge on any atom is 0.161 e. The van der Waals surface area contributed by atoms with Gasteiger partial charge >= 0.3 is 0 Å². The van der Waals surface area contributed by atoms with E-state index in [0.717, 1.165) is 18.7 Å². The van der Waals surface area contributed by atoms with Crippen molar-refractivity contribution >= 4 is 5.84 Å². The molecule has 19 heavy (non-hydrogen) atoms. The number of morpholine rings is 1. The Balaban J connectivity index is 2.03. The van der Waals surface area contributed by atoms with Gasteiger partial charge in [0.1, 0.15) is 5.84 Å². The van der Waals surface area contributed by atoms with Crippen molar-refractivity contribution in [3.8, 4) is 11.5 Å². The van der Waals surface area contributed by atoms with Gasteiger partial charge in [-0.15, -0.1) is 0 Å². The van der Waals surface area contributed by atoms with Gasteiger partial charge in [0.25, 0.3) is 0 Å². The average Bonchev–Trinajstić information content (AvgIpc) is 2.48. The third-order valence-electron chi connectivity index (χ3n) is 3.21. The van der Waals surface area contributed by atoms with Crippen molar-refractivity contribution in [2.75, 3.05) is 40.5 Å². The molecule has 0 bridgehead atoms. The van der Waals surface area contributed by atoms with E-state index in [9.17, 15) is 0 Å². The molecule has 5 nitrogen and oxygen atoms in total. The first-order valence-electron chi connectivity index (χ1n) is 6.35. The van der Waals surface area contributed by atoms with Gasteiger partial charge < -0.3 is 19.1 Å². The van der Waals surface area contributed by atoms with Crippen LogP contribution in [0.15, 0.2) is 18.2 Å². The third kappa shape index (κ3) is 3.38. The van der Waals surface area contributed by atoms with E-state index < -0.39 is 0 Å². The zero-order valence-corrected chi connectivity index (χ0v) is 11.4. The molecule has 0 radical (unpaired) electrons. The van der Waals surface area contributed by atoms with Crippen molar-refractivity contribution in [2.45, 2.75) is 6.42 Å². The highest BCUT2D eigenvalue weighted by molar-refractivity contribution is 5.81. The Hall–Kier alpha value is -1.75. The molecular weight excluding hydrogens is 244 g/mol. The van der Waals surface area contributed by atoms with Crippen LogP contribution in [0.1, 0.15) is 5.56 Å². The highest BCUT2D eigenvalue weighted by Crippen LogP contribution is 2.27. The van der Waals surface area contributed by atoms with E-state index in [1.807, 2.05) is 18.2 Å². The van der Waals surface area contributed by atoms with Crippen LogP contribution in [-0.2, 0) is 11.2 Å². The van der Waals surface area contributed by atoms with E-state index >= 15 is 0 Å². The Morgan fingerprint density at radius 2 is 1.89 bits per heavy atom. The summed E-state index contributed by atoms with van der Waals surface area (Å²) < 4.78 is 15.8. The standard InChI is InChI=1S/C14H20N2O3/c1-17-12-4-3-11(9-13(12)18-2)10-14(15)16-5-7-19-8-6-16/h3-4,9,15H,5-8,10H2,1-2H3. The van der Waals surface area contributed by atoms with Gasteiger partial charge in [0.2, 0.25) is 0 Å². The summed E-state index contributed by atoms with van der Waals surface area (Å²) in [5.41, 5.74) is 1.05. The van der Waals surface area contributed by atoms with Crippen LogP contribution in [0.4, 0.5) is 0 Å². The van der Waals surface area contributed by atoms with E-state index in [1.165, 1.54) is 0 Å². The predicted molar refractivity (Wildman–Crippen MR) is 73.4 cm³/mol. The minimum atomic E-state index is 0.598. The zero-order valence-electron chi connectivity index (χ0n) is 11.4.